The highest BCUT2D eigenvalue weighted by Crippen LogP contribution is 2.26. The SMILES string of the molecule is C=NN(/C=C1\CC=C(NC(=O)Cc2ccccc2Cl)C=C1S(N)=O)Cc1cccc(OC)c1. The fourth-order valence-electron chi connectivity index (χ4n) is 3.30. The Bertz CT molecular complexity index is 1160. The van der Waals surface area contributed by atoms with Crippen molar-refractivity contribution >= 4 is 35.2 Å². The second-order valence-corrected chi connectivity index (χ2v) is 8.67. The number of hydrogen-bond donors (Lipinski definition) is 2. The predicted octanol–water partition coefficient (Wildman–Crippen LogP) is 3.80. The molecule has 7 nitrogen and oxygen atoms in total. The van der Waals surface area contributed by atoms with Crippen molar-refractivity contribution in [3.05, 3.63) is 99.2 Å². The van der Waals surface area contributed by atoms with Crippen LogP contribution in [-0.4, -0.2) is 29.0 Å². The number of carbonyl (C=O) groups excluding carboxylic acids is 1. The van der Waals surface area contributed by atoms with Crippen LogP contribution in [0.25, 0.3) is 0 Å². The number of ether oxygens (including phenoxy) is 1. The molecule has 9 heteroatoms. The fourth-order valence-corrected chi connectivity index (χ4v) is 4.14. The van der Waals surface area contributed by atoms with Gasteiger partial charge in [-0.3, -0.25) is 9.80 Å². The lowest BCUT2D eigenvalue weighted by molar-refractivity contribution is -0.119. The zero-order valence-corrected chi connectivity index (χ0v) is 19.7. The normalized spacial score (nSPS) is 15.3. The summed E-state index contributed by atoms with van der Waals surface area (Å²) in [5, 5.41) is 14.8. The maximum absolute atomic E-state index is 12.5. The fraction of sp³-hybridized carbons (Fsp3) is 0.167. The number of benzene rings is 2. The molecule has 0 saturated carbocycles. The Labute approximate surface area is 200 Å². The molecule has 0 spiro atoms. The van der Waals surface area contributed by atoms with E-state index >= 15 is 0 Å². The average molecular weight is 485 g/mol. The summed E-state index contributed by atoms with van der Waals surface area (Å²) in [5.74, 6) is 0.512. The van der Waals surface area contributed by atoms with Crippen LogP contribution < -0.4 is 15.2 Å². The molecule has 1 amide bonds. The minimum Gasteiger partial charge on any atom is -0.497 e. The molecule has 2 aromatic rings. The number of allylic oxidation sites excluding steroid dienone is 3. The summed E-state index contributed by atoms with van der Waals surface area (Å²) < 4.78 is 17.5. The lowest BCUT2D eigenvalue weighted by atomic mass is 10.1. The molecule has 0 aromatic heterocycles. The van der Waals surface area contributed by atoms with E-state index in [1.165, 1.54) is 0 Å². The van der Waals surface area contributed by atoms with E-state index in [1.54, 1.807) is 36.5 Å². The van der Waals surface area contributed by atoms with Crippen molar-refractivity contribution in [2.75, 3.05) is 7.11 Å². The minimum atomic E-state index is -1.76. The number of halogens is 1. The van der Waals surface area contributed by atoms with E-state index in [0.717, 1.165) is 22.4 Å². The molecule has 0 fully saturated rings. The number of methoxy groups -OCH3 is 1. The molecule has 0 aliphatic heterocycles. The Morgan fingerprint density at radius 3 is 2.82 bits per heavy atom. The van der Waals surface area contributed by atoms with Crippen molar-refractivity contribution in [1.82, 2.24) is 10.3 Å². The van der Waals surface area contributed by atoms with Gasteiger partial charge in [0.1, 0.15) is 16.7 Å². The average Bonchev–Trinajstić information content (AvgIpc) is 2.81. The van der Waals surface area contributed by atoms with E-state index in [4.69, 9.17) is 21.5 Å². The highest BCUT2D eigenvalue weighted by molar-refractivity contribution is 7.87. The lowest BCUT2D eigenvalue weighted by Crippen LogP contribution is -2.26. The van der Waals surface area contributed by atoms with Gasteiger partial charge in [-0.1, -0.05) is 48.0 Å². The summed E-state index contributed by atoms with van der Waals surface area (Å²) in [5.41, 5.74) is 2.95. The number of nitrogens with zero attached hydrogens (tertiary/aromatic N) is 2. The Balaban J connectivity index is 1.73. The molecular weight excluding hydrogens is 460 g/mol. The molecule has 3 N–H and O–H groups in total. The highest BCUT2D eigenvalue weighted by Gasteiger charge is 2.18. The molecule has 1 atom stereocenters. The summed E-state index contributed by atoms with van der Waals surface area (Å²) >= 11 is 6.14. The third-order valence-electron chi connectivity index (χ3n) is 4.92. The van der Waals surface area contributed by atoms with E-state index in [0.29, 0.717) is 28.6 Å². The standard InChI is InChI=1S/C24H25ClN4O3S/c1-27-29(15-17-6-5-8-21(12-17)32-2)16-19-10-11-20(14-23(19)33(26)31)28-24(30)13-18-7-3-4-9-22(18)25/h3-9,11-12,14,16H,1,10,13,15,26H2,2H3,(H,28,30)/b19-16+. The first-order valence-corrected chi connectivity index (χ1v) is 11.7. The van der Waals surface area contributed by atoms with Gasteiger partial charge in [0.25, 0.3) is 0 Å². The zero-order chi connectivity index (χ0) is 23.8. The Morgan fingerprint density at radius 2 is 2.12 bits per heavy atom. The van der Waals surface area contributed by atoms with Crippen LogP contribution >= 0.6 is 11.6 Å². The molecule has 1 unspecified atom stereocenters. The van der Waals surface area contributed by atoms with Gasteiger partial charge in [-0.2, -0.15) is 5.10 Å². The number of amides is 1. The second-order valence-electron chi connectivity index (χ2n) is 7.23. The molecular formula is C24H25ClN4O3S. The number of hydrogen-bond acceptors (Lipinski definition) is 5. The van der Waals surface area contributed by atoms with E-state index < -0.39 is 11.0 Å². The van der Waals surface area contributed by atoms with E-state index in [2.05, 4.69) is 17.1 Å². The zero-order valence-electron chi connectivity index (χ0n) is 18.2. The maximum atomic E-state index is 12.5. The van der Waals surface area contributed by atoms with Crippen molar-refractivity contribution < 1.29 is 13.7 Å². The van der Waals surface area contributed by atoms with Crippen LogP contribution in [0.5, 0.6) is 5.75 Å². The predicted molar refractivity (Wildman–Crippen MR) is 133 cm³/mol. The Morgan fingerprint density at radius 1 is 1.33 bits per heavy atom. The number of rotatable bonds is 9. The van der Waals surface area contributed by atoms with Crippen LogP contribution in [0.2, 0.25) is 5.02 Å². The first kappa shape index (κ1) is 24.4. The largest absolute Gasteiger partial charge is 0.497 e. The highest BCUT2D eigenvalue weighted by atomic mass is 35.5. The molecule has 0 bridgehead atoms. The van der Waals surface area contributed by atoms with E-state index in [9.17, 15) is 9.00 Å². The Kier molecular flexibility index (Phi) is 8.59. The quantitative estimate of drug-likeness (QED) is 0.418. The van der Waals surface area contributed by atoms with Gasteiger partial charge < -0.3 is 10.1 Å². The summed E-state index contributed by atoms with van der Waals surface area (Å²) in [7, 11) is -0.150. The molecule has 0 saturated heterocycles. The number of carbonyl (C=O) groups is 1. The second kappa shape index (κ2) is 11.6. The summed E-state index contributed by atoms with van der Waals surface area (Å²) in [6, 6.07) is 14.8. The van der Waals surface area contributed by atoms with E-state index in [1.807, 2.05) is 42.5 Å². The molecule has 2 aromatic carbocycles. The van der Waals surface area contributed by atoms with Crippen molar-refractivity contribution in [3.8, 4) is 5.75 Å². The van der Waals surface area contributed by atoms with Crippen LogP contribution in [0, 0.1) is 0 Å². The molecule has 3 rings (SSSR count). The van der Waals surface area contributed by atoms with E-state index in [-0.39, 0.29) is 12.3 Å². The smallest absolute Gasteiger partial charge is 0.228 e. The molecule has 172 valence electrons. The maximum Gasteiger partial charge on any atom is 0.228 e. The topological polar surface area (TPSA) is 97.0 Å². The van der Waals surface area contributed by atoms with Crippen LogP contribution in [-0.2, 0) is 28.7 Å². The molecule has 1 aliphatic carbocycles. The number of nitrogens with two attached hydrogens (primary N) is 1. The Hall–Kier alpha value is -3.20. The number of nitrogens with one attached hydrogen (secondary N) is 1. The van der Waals surface area contributed by atoms with Crippen LogP contribution in [0.1, 0.15) is 17.5 Å². The lowest BCUT2D eigenvalue weighted by Gasteiger charge is -2.20. The van der Waals surface area contributed by atoms with Gasteiger partial charge in [0.15, 0.2) is 0 Å². The van der Waals surface area contributed by atoms with Gasteiger partial charge in [-0.05, 0) is 47.4 Å². The summed E-state index contributed by atoms with van der Waals surface area (Å²) in [4.78, 5) is 12.9. The van der Waals surface area contributed by atoms with Crippen molar-refractivity contribution in [3.63, 3.8) is 0 Å². The molecule has 0 heterocycles. The first-order chi connectivity index (χ1) is 15.9. The van der Waals surface area contributed by atoms with Crippen molar-refractivity contribution in [2.24, 2.45) is 10.2 Å². The monoisotopic (exact) mass is 484 g/mol. The molecule has 33 heavy (non-hydrogen) atoms. The van der Waals surface area contributed by atoms with Crippen molar-refractivity contribution in [2.45, 2.75) is 19.4 Å². The van der Waals surface area contributed by atoms with Crippen LogP contribution in [0.4, 0.5) is 0 Å². The van der Waals surface area contributed by atoms with Gasteiger partial charge in [0.05, 0.1) is 25.0 Å². The van der Waals surface area contributed by atoms with Gasteiger partial charge in [-0.25, -0.2) is 9.35 Å². The van der Waals surface area contributed by atoms with Gasteiger partial charge in [0.2, 0.25) is 5.91 Å². The summed E-state index contributed by atoms with van der Waals surface area (Å²) in [6.45, 7) is 4.07. The minimum absolute atomic E-state index is 0.128. The van der Waals surface area contributed by atoms with Gasteiger partial charge in [-0.15, -0.1) is 0 Å². The molecule has 0 radical (unpaired) electrons. The van der Waals surface area contributed by atoms with Crippen LogP contribution in [0.15, 0.2) is 88.2 Å². The summed E-state index contributed by atoms with van der Waals surface area (Å²) in [6.07, 6.45) is 5.74. The van der Waals surface area contributed by atoms with Crippen LogP contribution in [0.3, 0.4) is 0 Å². The third kappa shape index (κ3) is 6.89. The van der Waals surface area contributed by atoms with Gasteiger partial charge >= 0.3 is 0 Å². The first-order valence-electron chi connectivity index (χ1n) is 10.1. The van der Waals surface area contributed by atoms with Crippen molar-refractivity contribution in [1.29, 1.82) is 0 Å². The molecule has 1 aliphatic rings. The third-order valence-corrected chi connectivity index (χ3v) is 6.10. The number of hydrazone groups is 1. The van der Waals surface area contributed by atoms with Gasteiger partial charge in [0, 0.05) is 23.6 Å².